The van der Waals surface area contributed by atoms with Crippen LogP contribution in [0.1, 0.15) is 36.9 Å². The molecule has 1 saturated carbocycles. The van der Waals surface area contributed by atoms with E-state index in [0.29, 0.717) is 17.9 Å². The van der Waals surface area contributed by atoms with Gasteiger partial charge in [-0.2, -0.15) is 11.3 Å². The Balaban J connectivity index is 1.44. The minimum Gasteiger partial charge on any atom is -0.335 e. The Labute approximate surface area is 153 Å². The van der Waals surface area contributed by atoms with Crippen molar-refractivity contribution < 1.29 is 4.79 Å². The number of rotatable bonds is 6. The Bertz CT molecular complexity index is 695. The lowest BCUT2D eigenvalue weighted by molar-refractivity contribution is -0.133. The number of nitrogens with one attached hydrogen (secondary N) is 1. The van der Waals surface area contributed by atoms with Crippen LogP contribution >= 0.6 is 11.3 Å². The van der Waals surface area contributed by atoms with Crippen LogP contribution in [0.25, 0.3) is 0 Å². The highest BCUT2D eigenvalue weighted by Gasteiger charge is 2.57. The van der Waals surface area contributed by atoms with Crippen molar-refractivity contribution in [2.24, 2.45) is 5.41 Å². The van der Waals surface area contributed by atoms with E-state index in [9.17, 15) is 4.79 Å². The molecule has 2 aromatic heterocycles. The van der Waals surface area contributed by atoms with Gasteiger partial charge in [0.25, 0.3) is 0 Å². The number of thiophene rings is 1. The fourth-order valence-corrected chi connectivity index (χ4v) is 4.76. The molecule has 1 amide bonds. The molecule has 5 heteroatoms. The quantitative estimate of drug-likeness (QED) is 0.865. The maximum Gasteiger partial charge on any atom is 0.223 e. The molecule has 1 spiro atoms. The predicted octanol–water partition coefficient (Wildman–Crippen LogP) is 3.25. The first-order chi connectivity index (χ1) is 12.3. The number of pyridine rings is 1. The molecule has 1 aliphatic carbocycles. The number of aromatic nitrogens is 1. The molecule has 25 heavy (non-hydrogen) atoms. The molecule has 0 radical (unpaired) electrons. The van der Waals surface area contributed by atoms with E-state index < -0.39 is 0 Å². The van der Waals surface area contributed by atoms with Crippen LogP contribution in [-0.2, 0) is 17.8 Å². The van der Waals surface area contributed by atoms with Gasteiger partial charge in [0.1, 0.15) is 0 Å². The molecule has 1 atom stereocenters. The highest BCUT2D eigenvalue weighted by molar-refractivity contribution is 7.07. The van der Waals surface area contributed by atoms with Crippen molar-refractivity contribution in [1.29, 1.82) is 0 Å². The summed E-state index contributed by atoms with van der Waals surface area (Å²) >= 11 is 1.70. The first kappa shape index (κ1) is 16.7. The summed E-state index contributed by atoms with van der Waals surface area (Å²) in [6.45, 7) is 2.93. The summed E-state index contributed by atoms with van der Waals surface area (Å²) in [4.78, 5) is 19.6. The molecule has 0 aromatic carbocycles. The van der Waals surface area contributed by atoms with Crippen molar-refractivity contribution >= 4 is 17.2 Å². The monoisotopic (exact) mass is 355 g/mol. The Morgan fingerprint density at radius 2 is 2.20 bits per heavy atom. The van der Waals surface area contributed by atoms with Crippen LogP contribution in [0.3, 0.4) is 0 Å². The molecule has 1 aliphatic heterocycles. The summed E-state index contributed by atoms with van der Waals surface area (Å²) in [5.74, 6) is 0.275. The van der Waals surface area contributed by atoms with Crippen molar-refractivity contribution in [3.8, 4) is 0 Å². The van der Waals surface area contributed by atoms with Crippen LogP contribution in [0.4, 0.5) is 0 Å². The maximum atomic E-state index is 13.0. The molecular weight excluding hydrogens is 330 g/mol. The SMILES string of the molecule is O=C(CCc1ccccn1)N(Cc1ccsc1)C1CC12CCNCC2. The molecule has 2 aromatic rings. The van der Waals surface area contributed by atoms with Crippen molar-refractivity contribution in [3.63, 3.8) is 0 Å². The third-order valence-corrected chi connectivity index (χ3v) is 6.43. The van der Waals surface area contributed by atoms with Crippen LogP contribution < -0.4 is 5.32 Å². The van der Waals surface area contributed by atoms with Crippen molar-refractivity contribution in [2.75, 3.05) is 13.1 Å². The Kier molecular flexibility index (Phi) is 4.86. The van der Waals surface area contributed by atoms with Gasteiger partial charge < -0.3 is 10.2 Å². The largest absolute Gasteiger partial charge is 0.335 e. The standard InChI is InChI=1S/C20H25N3OS/c24-19(5-4-17-3-1-2-9-22-17)23(14-16-6-12-25-15-16)18-13-20(18)7-10-21-11-8-20/h1-3,6,9,12,15,18,21H,4-5,7-8,10-11,13-14H2. The number of aryl methyl sites for hydroxylation is 1. The molecule has 1 N–H and O–H groups in total. The third kappa shape index (κ3) is 3.77. The minimum atomic E-state index is 0.275. The molecule has 132 valence electrons. The first-order valence-electron chi connectivity index (χ1n) is 9.18. The van der Waals surface area contributed by atoms with E-state index in [1.165, 1.54) is 24.8 Å². The summed E-state index contributed by atoms with van der Waals surface area (Å²) in [6, 6.07) is 8.47. The number of carbonyl (C=O) groups excluding carboxylic acids is 1. The average Bonchev–Trinajstić information content (AvgIpc) is 3.08. The van der Waals surface area contributed by atoms with Crippen molar-refractivity contribution in [2.45, 2.75) is 44.7 Å². The Hall–Kier alpha value is -1.72. The molecule has 3 heterocycles. The summed E-state index contributed by atoms with van der Waals surface area (Å²) in [6.07, 6.45) is 6.64. The third-order valence-electron chi connectivity index (χ3n) is 5.70. The van der Waals surface area contributed by atoms with Gasteiger partial charge in [0, 0.05) is 30.9 Å². The number of nitrogens with zero attached hydrogens (tertiary/aromatic N) is 2. The van der Waals surface area contributed by atoms with E-state index in [1.807, 2.05) is 18.2 Å². The maximum absolute atomic E-state index is 13.0. The van der Waals surface area contributed by atoms with Crippen molar-refractivity contribution in [1.82, 2.24) is 15.2 Å². The van der Waals surface area contributed by atoms with E-state index in [4.69, 9.17) is 0 Å². The lowest BCUT2D eigenvalue weighted by Gasteiger charge is -2.29. The summed E-state index contributed by atoms with van der Waals surface area (Å²) < 4.78 is 0. The predicted molar refractivity (Wildman–Crippen MR) is 100 cm³/mol. The van der Waals surface area contributed by atoms with Crippen molar-refractivity contribution in [3.05, 3.63) is 52.5 Å². The molecule has 4 rings (SSSR count). The smallest absolute Gasteiger partial charge is 0.223 e. The van der Waals surface area contributed by atoms with E-state index in [0.717, 1.165) is 31.7 Å². The van der Waals surface area contributed by atoms with Gasteiger partial charge in [-0.15, -0.1) is 0 Å². The van der Waals surface area contributed by atoms with Crippen LogP contribution in [0.5, 0.6) is 0 Å². The lowest BCUT2D eigenvalue weighted by atomic mass is 9.93. The zero-order valence-electron chi connectivity index (χ0n) is 14.5. The molecule has 0 bridgehead atoms. The summed E-state index contributed by atoms with van der Waals surface area (Å²) in [5.41, 5.74) is 2.63. The zero-order valence-corrected chi connectivity index (χ0v) is 15.3. The van der Waals surface area contributed by atoms with Crippen LogP contribution in [0.15, 0.2) is 41.2 Å². The van der Waals surface area contributed by atoms with E-state index in [1.54, 1.807) is 17.5 Å². The van der Waals surface area contributed by atoms with Gasteiger partial charge in [0.05, 0.1) is 0 Å². The van der Waals surface area contributed by atoms with Gasteiger partial charge in [-0.05, 0) is 78.7 Å². The molecule has 2 fully saturated rings. The Morgan fingerprint density at radius 3 is 2.92 bits per heavy atom. The second kappa shape index (κ2) is 7.26. The van der Waals surface area contributed by atoms with Gasteiger partial charge >= 0.3 is 0 Å². The van der Waals surface area contributed by atoms with Gasteiger partial charge in [-0.25, -0.2) is 0 Å². The van der Waals surface area contributed by atoms with E-state index in [2.05, 4.69) is 32.0 Å². The fraction of sp³-hybridized carbons (Fsp3) is 0.500. The van der Waals surface area contributed by atoms with Gasteiger partial charge in [-0.1, -0.05) is 6.07 Å². The normalized spacial score (nSPS) is 21.2. The highest BCUT2D eigenvalue weighted by atomic mass is 32.1. The van der Waals surface area contributed by atoms with E-state index in [-0.39, 0.29) is 5.91 Å². The summed E-state index contributed by atoms with van der Waals surface area (Å²) in [5, 5.41) is 7.71. The van der Waals surface area contributed by atoms with Gasteiger partial charge in [0.15, 0.2) is 0 Å². The van der Waals surface area contributed by atoms with Gasteiger partial charge in [0.2, 0.25) is 5.91 Å². The first-order valence-corrected chi connectivity index (χ1v) is 10.1. The van der Waals surface area contributed by atoms with Crippen LogP contribution in [0, 0.1) is 5.41 Å². The number of piperidine rings is 1. The van der Waals surface area contributed by atoms with Crippen LogP contribution in [-0.4, -0.2) is 34.9 Å². The fourth-order valence-electron chi connectivity index (χ4n) is 4.11. The minimum absolute atomic E-state index is 0.275. The number of hydrogen-bond acceptors (Lipinski definition) is 4. The topological polar surface area (TPSA) is 45.2 Å². The number of hydrogen-bond donors (Lipinski definition) is 1. The molecule has 2 aliphatic rings. The lowest BCUT2D eigenvalue weighted by Crippen LogP contribution is -2.39. The summed E-state index contributed by atoms with van der Waals surface area (Å²) in [7, 11) is 0. The van der Waals surface area contributed by atoms with E-state index >= 15 is 0 Å². The number of carbonyl (C=O) groups is 1. The molecular formula is C20H25N3OS. The molecule has 4 nitrogen and oxygen atoms in total. The van der Waals surface area contributed by atoms with Crippen LogP contribution in [0.2, 0.25) is 0 Å². The second-order valence-corrected chi connectivity index (χ2v) is 8.09. The average molecular weight is 356 g/mol. The highest BCUT2D eigenvalue weighted by Crippen LogP contribution is 2.56. The zero-order chi connectivity index (χ0) is 17.1. The van der Waals surface area contributed by atoms with Gasteiger partial charge in [-0.3, -0.25) is 9.78 Å². The number of amides is 1. The second-order valence-electron chi connectivity index (χ2n) is 7.31. The Morgan fingerprint density at radius 1 is 1.32 bits per heavy atom. The molecule has 1 saturated heterocycles. The molecule has 1 unspecified atom stereocenters.